The molecule has 0 aliphatic rings. The van der Waals surface area contributed by atoms with Gasteiger partial charge in [-0.25, -0.2) is 4.79 Å². The molecule has 7 nitrogen and oxygen atoms in total. The SMILES string of the molecule is CCc1cc(C(=O)OC)c(NC(=O)CN(C)Cc2cnn(CC)c2C)s1. The number of amides is 1. The van der Waals surface area contributed by atoms with Crippen LogP contribution in [0.3, 0.4) is 0 Å². The molecule has 1 N–H and O–H groups in total. The summed E-state index contributed by atoms with van der Waals surface area (Å²) in [5, 5.41) is 7.71. The topological polar surface area (TPSA) is 76.5 Å². The van der Waals surface area contributed by atoms with Crippen molar-refractivity contribution < 1.29 is 14.3 Å². The Labute approximate surface area is 157 Å². The van der Waals surface area contributed by atoms with Crippen LogP contribution in [0.1, 0.15) is 40.3 Å². The monoisotopic (exact) mass is 378 g/mol. The lowest BCUT2D eigenvalue weighted by atomic mass is 10.2. The van der Waals surface area contributed by atoms with Gasteiger partial charge in [0.05, 0.1) is 25.4 Å². The van der Waals surface area contributed by atoms with Crippen LogP contribution in [0.4, 0.5) is 5.00 Å². The Morgan fingerprint density at radius 2 is 2.12 bits per heavy atom. The van der Waals surface area contributed by atoms with Gasteiger partial charge >= 0.3 is 5.97 Å². The molecule has 26 heavy (non-hydrogen) atoms. The van der Waals surface area contributed by atoms with Crippen LogP contribution >= 0.6 is 11.3 Å². The van der Waals surface area contributed by atoms with Gasteiger partial charge < -0.3 is 10.1 Å². The van der Waals surface area contributed by atoms with Crippen LogP contribution in [0, 0.1) is 6.92 Å². The number of aryl methyl sites for hydroxylation is 2. The summed E-state index contributed by atoms with van der Waals surface area (Å²) in [7, 11) is 3.22. The van der Waals surface area contributed by atoms with E-state index >= 15 is 0 Å². The number of aromatic nitrogens is 2. The number of carbonyl (C=O) groups excluding carboxylic acids is 2. The summed E-state index contributed by atoms with van der Waals surface area (Å²) < 4.78 is 6.73. The summed E-state index contributed by atoms with van der Waals surface area (Å²) in [5.41, 5.74) is 2.62. The molecule has 0 saturated heterocycles. The van der Waals surface area contributed by atoms with Gasteiger partial charge in [-0.1, -0.05) is 6.92 Å². The Morgan fingerprint density at radius 3 is 2.69 bits per heavy atom. The average Bonchev–Trinajstić information content (AvgIpc) is 3.17. The summed E-state index contributed by atoms with van der Waals surface area (Å²) in [6.45, 7) is 7.76. The molecule has 8 heteroatoms. The fraction of sp³-hybridized carbons (Fsp3) is 0.500. The molecular formula is C18H26N4O3S. The number of rotatable bonds is 8. The van der Waals surface area contributed by atoms with Crippen molar-refractivity contribution in [1.82, 2.24) is 14.7 Å². The molecule has 2 heterocycles. The molecule has 142 valence electrons. The minimum atomic E-state index is -0.438. The predicted molar refractivity (Wildman–Crippen MR) is 103 cm³/mol. The molecule has 0 bridgehead atoms. The molecule has 2 aromatic heterocycles. The highest BCUT2D eigenvalue weighted by Gasteiger charge is 2.19. The van der Waals surface area contributed by atoms with Crippen LogP contribution in [0.25, 0.3) is 0 Å². The van der Waals surface area contributed by atoms with Crippen molar-refractivity contribution in [2.45, 2.75) is 40.3 Å². The van der Waals surface area contributed by atoms with Crippen molar-refractivity contribution in [2.24, 2.45) is 0 Å². The Bertz CT molecular complexity index is 781. The molecule has 2 rings (SSSR count). The van der Waals surface area contributed by atoms with Crippen molar-refractivity contribution in [3.05, 3.63) is 34.0 Å². The lowest BCUT2D eigenvalue weighted by Crippen LogP contribution is -2.30. The first-order valence-electron chi connectivity index (χ1n) is 8.60. The van der Waals surface area contributed by atoms with Crippen LogP contribution in [0.2, 0.25) is 0 Å². The normalized spacial score (nSPS) is 11.0. The smallest absolute Gasteiger partial charge is 0.340 e. The van der Waals surface area contributed by atoms with Crippen molar-refractivity contribution in [3.63, 3.8) is 0 Å². The molecule has 2 aromatic rings. The molecule has 0 aliphatic carbocycles. The lowest BCUT2D eigenvalue weighted by Gasteiger charge is -2.16. The van der Waals surface area contributed by atoms with E-state index in [4.69, 9.17) is 4.74 Å². The van der Waals surface area contributed by atoms with Crippen molar-refractivity contribution >= 4 is 28.2 Å². The Kier molecular flexibility index (Phi) is 6.93. The molecule has 0 aromatic carbocycles. The molecule has 0 radical (unpaired) electrons. The first-order valence-corrected chi connectivity index (χ1v) is 9.41. The Hall–Kier alpha value is -2.19. The highest BCUT2D eigenvalue weighted by Crippen LogP contribution is 2.29. The van der Waals surface area contributed by atoms with Gasteiger partial charge in [-0.2, -0.15) is 5.10 Å². The van der Waals surface area contributed by atoms with E-state index in [9.17, 15) is 9.59 Å². The van der Waals surface area contributed by atoms with Gasteiger partial charge in [0, 0.05) is 29.2 Å². The largest absolute Gasteiger partial charge is 0.465 e. The molecule has 0 spiro atoms. The number of methoxy groups -OCH3 is 1. The number of anilines is 1. The fourth-order valence-corrected chi connectivity index (χ4v) is 3.69. The van der Waals surface area contributed by atoms with Crippen LogP contribution in [-0.2, 0) is 29.0 Å². The third-order valence-electron chi connectivity index (χ3n) is 4.15. The Balaban J connectivity index is 2.00. The van der Waals surface area contributed by atoms with Crippen LogP contribution < -0.4 is 5.32 Å². The lowest BCUT2D eigenvalue weighted by molar-refractivity contribution is -0.117. The summed E-state index contributed by atoms with van der Waals surface area (Å²) >= 11 is 1.41. The molecule has 0 aliphatic heterocycles. The van der Waals surface area contributed by atoms with Gasteiger partial charge in [-0.15, -0.1) is 11.3 Å². The fourth-order valence-electron chi connectivity index (χ4n) is 2.69. The second-order valence-electron chi connectivity index (χ2n) is 6.09. The highest BCUT2D eigenvalue weighted by atomic mass is 32.1. The first-order chi connectivity index (χ1) is 12.4. The van der Waals surface area contributed by atoms with Gasteiger partial charge in [-0.3, -0.25) is 14.4 Å². The minimum absolute atomic E-state index is 0.164. The van der Waals surface area contributed by atoms with Crippen molar-refractivity contribution in [2.75, 3.05) is 26.0 Å². The molecule has 1 amide bonds. The number of carbonyl (C=O) groups is 2. The Morgan fingerprint density at radius 1 is 1.38 bits per heavy atom. The predicted octanol–water partition coefficient (Wildman–Crippen LogP) is 2.69. The van der Waals surface area contributed by atoms with E-state index in [2.05, 4.69) is 10.4 Å². The van der Waals surface area contributed by atoms with Crippen LogP contribution in [0.5, 0.6) is 0 Å². The number of thiophene rings is 1. The van der Waals surface area contributed by atoms with Gasteiger partial charge in [0.25, 0.3) is 0 Å². The molecule has 0 saturated carbocycles. The van der Waals surface area contributed by atoms with Gasteiger partial charge in [0.1, 0.15) is 5.00 Å². The molecule has 0 fully saturated rings. The van der Waals surface area contributed by atoms with Gasteiger partial charge in [0.15, 0.2) is 0 Å². The van der Waals surface area contributed by atoms with Crippen molar-refractivity contribution in [3.8, 4) is 0 Å². The number of ether oxygens (including phenoxy) is 1. The van der Waals surface area contributed by atoms with E-state index < -0.39 is 5.97 Å². The average molecular weight is 378 g/mol. The maximum atomic E-state index is 12.4. The second kappa shape index (κ2) is 8.95. The zero-order chi connectivity index (χ0) is 19.3. The number of hydrogen-bond donors (Lipinski definition) is 1. The van der Waals surface area contributed by atoms with E-state index in [1.165, 1.54) is 18.4 Å². The maximum Gasteiger partial charge on any atom is 0.340 e. The summed E-state index contributed by atoms with van der Waals surface area (Å²) in [4.78, 5) is 27.2. The number of hydrogen-bond acceptors (Lipinski definition) is 6. The molecule has 0 atom stereocenters. The quantitative estimate of drug-likeness (QED) is 0.715. The minimum Gasteiger partial charge on any atom is -0.465 e. The zero-order valence-electron chi connectivity index (χ0n) is 16.0. The maximum absolute atomic E-state index is 12.4. The third kappa shape index (κ3) is 4.70. The van der Waals surface area contributed by atoms with Crippen LogP contribution in [-0.4, -0.2) is 47.3 Å². The number of likely N-dealkylation sites (N-methyl/N-ethyl adjacent to an activating group) is 1. The first kappa shape index (κ1) is 20.1. The van der Waals surface area contributed by atoms with Crippen LogP contribution in [0.15, 0.2) is 12.3 Å². The third-order valence-corrected chi connectivity index (χ3v) is 5.34. The molecular weight excluding hydrogens is 352 g/mol. The number of esters is 1. The summed E-state index contributed by atoms with van der Waals surface area (Å²) in [6.07, 6.45) is 2.64. The van der Waals surface area contributed by atoms with Gasteiger partial charge in [-0.05, 0) is 33.4 Å². The number of nitrogens with zero attached hydrogens (tertiary/aromatic N) is 3. The summed E-state index contributed by atoms with van der Waals surface area (Å²) in [5.74, 6) is -0.602. The van der Waals surface area contributed by atoms with E-state index in [1.807, 2.05) is 43.6 Å². The standard InChI is InChI=1S/C18H26N4O3S/c1-6-14-8-15(18(24)25-5)17(26-14)20-16(23)11-21(4)10-13-9-19-22(7-2)12(13)3/h8-9H,6-7,10-11H2,1-5H3,(H,20,23). The highest BCUT2D eigenvalue weighted by molar-refractivity contribution is 7.16. The van der Waals surface area contributed by atoms with E-state index in [0.29, 0.717) is 17.1 Å². The second-order valence-corrected chi connectivity index (χ2v) is 7.23. The van der Waals surface area contributed by atoms with Crippen molar-refractivity contribution in [1.29, 1.82) is 0 Å². The molecule has 0 unspecified atom stereocenters. The summed E-state index contributed by atoms with van der Waals surface area (Å²) in [6, 6.07) is 1.78. The van der Waals surface area contributed by atoms with Gasteiger partial charge in [0.2, 0.25) is 5.91 Å². The number of nitrogens with one attached hydrogen (secondary N) is 1. The van der Waals surface area contributed by atoms with E-state index in [-0.39, 0.29) is 12.5 Å². The van der Waals surface area contributed by atoms with E-state index in [1.54, 1.807) is 6.07 Å². The zero-order valence-corrected chi connectivity index (χ0v) is 16.8. The van der Waals surface area contributed by atoms with E-state index in [0.717, 1.165) is 29.1 Å².